The van der Waals surface area contributed by atoms with Gasteiger partial charge in [-0.1, -0.05) is 6.42 Å². The summed E-state index contributed by atoms with van der Waals surface area (Å²) in [5.74, 6) is 0.693. The molecule has 2 heterocycles. The van der Waals surface area contributed by atoms with Crippen LogP contribution in [0.5, 0.6) is 0 Å². The number of hydrogen-bond donors (Lipinski definition) is 0. The second kappa shape index (κ2) is 3.81. The molecular weight excluding hydrogens is 198 g/mol. The van der Waals surface area contributed by atoms with Crippen LogP contribution in [-0.2, 0) is 0 Å². The van der Waals surface area contributed by atoms with Gasteiger partial charge < -0.3 is 4.90 Å². The lowest BCUT2D eigenvalue weighted by molar-refractivity contribution is 0.256. The predicted molar refractivity (Wildman–Crippen MR) is 63.2 cm³/mol. The van der Waals surface area contributed by atoms with E-state index in [2.05, 4.69) is 21.9 Å². The van der Waals surface area contributed by atoms with E-state index in [0.717, 1.165) is 0 Å². The van der Waals surface area contributed by atoms with Crippen LogP contribution in [0.4, 0.5) is 0 Å². The fourth-order valence-electron chi connectivity index (χ4n) is 3.75. The molecule has 1 aliphatic heterocycles. The van der Waals surface area contributed by atoms with Gasteiger partial charge in [-0.15, -0.1) is 0 Å². The predicted octanol–water partition coefficient (Wildman–Crippen LogP) is 2.07. The zero-order valence-electron chi connectivity index (χ0n) is 9.89. The van der Waals surface area contributed by atoms with E-state index in [9.17, 15) is 0 Å². The van der Waals surface area contributed by atoms with E-state index in [1.807, 2.05) is 12.4 Å². The summed E-state index contributed by atoms with van der Waals surface area (Å²) in [4.78, 5) is 10.8. The van der Waals surface area contributed by atoms with Gasteiger partial charge >= 0.3 is 0 Å². The fourth-order valence-corrected chi connectivity index (χ4v) is 3.75. The molecular formula is C13H19N3. The zero-order chi connectivity index (χ0) is 11.0. The Balaban J connectivity index is 1.90. The van der Waals surface area contributed by atoms with Crippen LogP contribution < -0.4 is 0 Å². The molecule has 2 aliphatic rings. The van der Waals surface area contributed by atoms with Crippen molar-refractivity contribution in [2.75, 3.05) is 20.1 Å². The summed E-state index contributed by atoms with van der Waals surface area (Å²) in [5.41, 5.74) is 1.88. The summed E-state index contributed by atoms with van der Waals surface area (Å²) in [5, 5.41) is 0. The second-order valence-corrected chi connectivity index (χ2v) is 5.47. The van der Waals surface area contributed by atoms with Crippen LogP contribution in [0.2, 0.25) is 0 Å². The van der Waals surface area contributed by atoms with Crippen molar-refractivity contribution in [2.45, 2.75) is 31.6 Å². The molecule has 3 rings (SSSR count). The minimum absolute atomic E-state index is 0.527. The molecule has 2 fully saturated rings. The smallest absolute Gasteiger partial charge is 0.115 e. The molecule has 16 heavy (non-hydrogen) atoms. The quantitative estimate of drug-likeness (QED) is 0.721. The monoisotopic (exact) mass is 217 g/mol. The first-order valence-electron chi connectivity index (χ1n) is 6.24. The summed E-state index contributed by atoms with van der Waals surface area (Å²) < 4.78 is 0. The lowest BCUT2D eigenvalue weighted by Gasteiger charge is -2.31. The molecule has 1 aromatic heterocycles. The summed E-state index contributed by atoms with van der Waals surface area (Å²) in [6.45, 7) is 2.51. The highest BCUT2D eigenvalue weighted by Gasteiger charge is 2.47. The molecule has 86 valence electrons. The highest BCUT2D eigenvalue weighted by Crippen LogP contribution is 2.53. The molecule has 2 unspecified atom stereocenters. The first-order valence-corrected chi connectivity index (χ1v) is 6.24. The van der Waals surface area contributed by atoms with Crippen molar-refractivity contribution in [3.05, 3.63) is 24.3 Å². The Morgan fingerprint density at radius 1 is 1.31 bits per heavy atom. The van der Waals surface area contributed by atoms with Crippen LogP contribution in [-0.4, -0.2) is 35.0 Å². The largest absolute Gasteiger partial charge is 0.306 e. The van der Waals surface area contributed by atoms with Crippen LogP contribution in [0.3, 0.4) is 0 Å². The average molecular weight is 217 g/mol. The summed E-state index contributed by atoms with van der Waals surface area (Å²) in [7, 11) is 2.24. The Kier molecular flexibility index (Phi) is 2.43. The van der Waals surface area contributed by atoms with E-state index >= 15 is 0 Å². The molecule has 1 spiro atoms. The maximum atomic E-state index is 4.18. The Labute approximate surface area is 96.9 Å². The number of hydrogen-bond acceptors (Lipinski definition) is 3. The number of likely N-dealkylation sites (tertiary alicyclic amines) is 1. The van der Waals surface area contributed by atoms with Gasteiger partial charge in [0.1, 0.15) is 6.33 Å². The topological polar surface area (TPSA) is 29.0 Å². The van der Waals surface area contributed by atoms with Crippen molar-refractivity contribution in [3.63, 3.8) is 0 Å². The third-order valence-electron chi connectivity index (χ3n) is 4.47. The van der Waals surface area contributed by atoms with Crippen molar-refractivity contribution in [1.82, 2.24) is 14.9 Å². The van der Waals surface area contributed by atoms with E-state index < -0.39 is 0 Å². The first-order chi connectivity index (χ1) is 7.80. The average Bonchev–Trinajstić information content (AvgIpc) is 2.88. The highest BCUT2D eigenvalue weighted by atomic mass is 15.1. The van der Waals surface area contributed by atoms with Crippen LogP contribution in [0.1, 0.15) is 37.2 Å². The van der Waals surface area contributed by atoms with Gasteiger partial charge in [0.05, 0.1) is 0 Å². The van der Waals surface area contributed by atoms with E-state index in [4.69, 9.17) is 0 Å². The maximum absolute atomic E-state index is 4.18. The molecule has 3 nitrogen and oxygen atoms in total. The van der Waals surface area contributed by atoms with Crippen molar-refractivity contribution >= 4 is 0 Å². The van der Waals surface area contributed by atoms with Gasteiger partial charge in [-0.05, 0) is 49.8 Å². The molecule has 0 amide bonds. The number of aromatic nitrogens is 2. The van der Waals surface area contributed by atoms with Gasteiger partial charge in [0.15, 0.2) is 0 Å². The van der Waals surface area contributed by atoms with Crippen LogP contribution in [0, 0.1) is 5.41 Å². The van der Waals surface area contributed by atoms with Gasteiger partial charge in [0.25, 0.3) is 0 Å². The number of nitrogens with zero attached hydrogens (tertiary/aromatic N) is 3. The van der Waals surface area contributed by atoms with Crippen molar-refractivity contribution < 1.29 is 0 Å². The fraction of sp³-hybridized carbons (Fsp3) is 0.692. The van der Waals surface area contributed by atoms with E-state index in [1.165, 1.54) is 44.3 Å². The van der Waals surface area contributed by atoms with Gasteiger partial charge in [0, 0.05) is 18.9 Å². The molecule has 2 atom stereocenters. The SMILES string of the molecule is CN1CCC2(CCCC2c2cncnc2)C1. The second-order valence-electron chi connectivity index (χ2n) is 5.47. The maximum Gasteiger partial charge on any atom is 0.115 e. The Hall–Kier alpha value is -0.960. The van der Waals surface area contributed by atoms with Crippen LogP contribution >= 0.6 is 0 Å². The number of rotatable bonds is 1. The molecule has 0 N–H and O–H groups in total. The Morgan fingerprint density at radius 3 is 2.81 bits per heavy atom. The van der Waals surface area contributed by atoms with Gasteiger partial charge in [-0.2, -0.15) is 0 Å². The minimum atomic E-state index is 0.527. The molecule has 0 aromatic carbocycles. The molecule has 3 heteroatoms. The van der Waals surface area contributed by atoms with Crippen molar-refractivity contribution in [2.24, 2.45) is 5.41 Å². The summed E-state index contributed by atoms with van der Waals surface area (Å²) in [6.07, 6.45) is 11.1. The first kappa shape index (κ1) is 10.2. The van der Waals surface area contributed by atoms with Crippen LogP contribution in [0.25, 0.3) is 0 Å². The summed E-state index contributed by atoms with van der Waals surface area (Å²) in [6, 6.07) is 0. The summed E-state index contributed by atoms with van der Waals surface area (Å²) >= 11 is 0. The Bertz CT molecular complexity index is 365. The third kappa shape index (κ3) is 1.54. The molecule has 1 saturated heterocycles. The molecule has 1 aliphatic carbocycles. The lowest BCUT2D eigenvalue weighted by Crippen LogP contribution is -2.27. The van der Waals surface area contributed by atoms with Crippen molar-refractivity contribution in [3.8, 4) is 0 Å². The van der Waals surface area contributed by atoms with Gasteiger partial charge in [-0.3, -0.25) is 0 Å². The molecule has 0 radical (unpaired) electrons. The minimum Gasteiger partial charge on any atom is -0.306 e. The van der Waals surface area contributed by atoms with Crippen LogP contribution in [0.15, 0.2) is 18.7 Å². The van der Waals surface area contributed by atoms with Crippen molar-refractivity contribution in [1.29, 1.82) is 0 Å². The molecule has 1 aromatic rings. The van der Waals surface area contributed by atoms with E-state index in [1.54, 1.807) is 6.33 Å². The molecule has 1 saturated carbocycles. The lowest BCUT2D eigenvalue weighted by atomic mass is 9.74. The third-order valence-corrected chi connectivity index (χ3v) is 4.47. The standard InChI is InChI=1S/C13H19N3/c1-16-6-5-13(9-16)4-2-3-12(13)11-7-14-10-15-8-11/h7-8,10,12H,2-6,9H2,1H3. The van der Waals surface area contributed by atoms with Gasteiger partial charge in [0.2, 0.25) is 0 Å². The van der Waals surface area contributed by atoms with E-state index in [-0.39, 0.29) is 0 Å². The van der Waals surface area contributed by atoms with E-state index in [0.29, 0.717) is 11.3 Å². The molecule has 0 bridgehead atoms. The normalized spacial score (nSPS) is 34.9. The Morgan fingerprint density at radius 2 is 2.12 bits per heavy atom. The van der Waals surface area contributed by atoms with Gasteiger partial charge in [-0.25, -0.2) is 9.97 Å². The highest BCUT2D eigenvalue weighted by molar-refractivity contribution is 5.19. The zero-order valence-corrected chi connectivity index (χ0v) is 9.89.